The van der Waals surface area contributed by atoms with E-state index >= 15 is 0 Å². The van der Waals surface area contributed by atoms with Gasteiger partial charge in [0, 0.05) is 69.8 Å². The Morgan fingerprint density at radius 1 is 1.05 bits per heavy atom. The van der Waals surface area contributed by atoms with Crippen LogP contribution in [0.25, 0.3) is 10.9 Å². The Hall–Kier alpha value is -2.78. The standard InChI is InChI=1S/C33H34BrClN4O2S/c1-3-37-14-16-38(17-15-37)32(41)33(42-26-11-4-22(2)5-12-26)19-30(40)39(21-23-6-8-24(34)9-7-23)31(33)28-20-36-29-18-25(35)10-13-27(28)29/h4-13,18,20,31,36H,3,14-17,19,21H2,1-2H3/t31-,33-/m0/s1. The second-order valence-electron chi connectivity index (χ2n) is 11.2. The van der Waals surface area contributed by atoms with Gasteiger partial charge in [-0.25, -0.2) is 0 Å². The number of aromatic amines is 1. The number of aromatic nitrogens is 1. The number of nitrogens with zero attached hydrogens (tertiary/aromatic N) is 3. The number of likely N-dealkylation sites (N-methyl/N-ethyl adjacent to an activating group) is 1. The van der Waals surface area contributed by atoms with E-state index in [-0.39, 0.29) is 18.2 Å². The van der Waals surface area contributed by atoms with Crippen LogP contribution in [0.2, 0.25) is 5.02 Å². The molecule has 2 amide bonds. The van der Waals surface area contributed by atoms with Crippen LogP contribution in [0.5, 0.6) is 0 Å². The number of likely N-dealkylation sites (tertiary alicyclic amines) is 1. The van der Waals surface area contributed by atoms with Crippen LogP contribution in [-0.2, 0) is 16.1 Å². The number of hydrogen-bond donors (Lipinski definition) is 1. The fourth-order valence-corrected chi connectivity index (χ4v) is 8.14. The number of piperazine rings is 1. The summed E-state index contributed by atoms with van der Waals surface area (Å²) in [6, 6.07) is 21.6. The Kier molecular flexibility index (Phi) is 8.42. The van der Waals surface area contributed by atoms with Crippen molar-refractivity contribution in [3.63, 3.8) is 0 Å². The lowest BCUT2D eigenvalue weighted by molar-refractivity contribution is -0.136. The summed E-state index contributed by atoms with van der Waals surface area (Å²) in [5.74, 6) is 0.00943. The SMILES string of the molecule is CCN1CCN(C(=O)[C@]2(Sc3ccc(C)cc3)CC(=O)N(Cc3ccc(Br)cc3)[C@H]2c2c[nH]c3cc(Cl)ccc23)CC1. The number of nitrogens with one attached hydrogen (secondary N) is 1. The number of amides is 2. The van der Waals surface area contributed by atoms with Crippen LogP contribution in [0.3, 0.4) is 0 Å². The zero-order valence-corrected chi connectivity index (χ0v) is 26.9. The van der Waals surface area contributed by atoms with Gasteiger partial charge in [-0.15, -0.1) is 11.8 Å². The molecular formula is C33H34BrClN4O2S. The molecule has 9 heteroatoms. The van der Waals surface area contributed by atoms with Gasteiger partial charge in [0.15, 0.2) is 0 Å². The van der Waals surface area contributed by atoms with Crippen LogP contribution >= 0.6 is 39.3 Å². The number of rotatable bonds is 7. The van der Waals surface area contributed by atoms with Crippen molar-refractivity contribution in [3.8, 4) is 0 Å². The van der Waals surface area contributed by atoms with Crippen molar-refractivity contribution < 1.29 is 9.59 Å². The van der Waals surface area contributed by atoms with Gasteiger partial charge >= 0.3 is 0 Å². The van der Waals surface area contributed by atoms with Gasteiger partial charge in [-0.3, -0.25) is 9.59 Å². The summed E-state index contributed by atoms with van der Waals surface area (Å²) in [6.07, 6.45) is 2.09. The molecule has 0 bridgehead atoms. The van der Waals surface area contributed by atoms with Crippen LogP contribution in [0, 0.1) is 6.92 Å². The first kappa shape index (κ1) is 29.3. The Bertz CT molecular complexity index is 1600. The number of thioether (sulfide) groups is 1. The topological polar surface area (TPSA) is 59.7 Å². The highest BCUT2D eigenvalue weighted by Gasteiger charge is 2.59. The summed E-state index contributed by atoms with van der Waals surface area (Å²) in [6.45, 7) is 8.55. The monoisotopic (exact) mass is 664 g/mol. The van der Waals surface area contributed by atoms with Crippen molar-refractivity contribution in [1.82, 2.24) is 19.7 Å². The van der Waals surface area contributed by atoms with Crippen LogP contribution in [0.4, 0.5) is 0 Å². The first-order chi connectivity index (χ1) is 20.3. The molecule has 0 unspecified atom stereocenters. The summed E-state index contributed by atoms with van der Waals surface area (Å²) < 4.78 is -0.0695. The number of H-pyrrole nitrogens is 1. The molecule has 2 saturated heterocycles. The molecule has 2 aliphatic rings. The molecule has 6 rings (SSSR count). The summed E-state index contributed by atoms with van der Waals surface area (Å²) in [5.41, 5.74) is 3.99. The summed E-state index contributed by atoms with van der Waals surface area (Å²) in [5, 5.41) is 1.60. The number of benzene rings is 3. The molecule has 42 heavy (non-hydrogen) atoms. The molecule has 2 aliphatic heterocycles. The minimum absolute atomic E-state index is 0.0219. The number of fused-ring (bicyclic) bond motifs is 1. The fraction of sp³-hybridized carbons (Fsp3) is 0.333. The average molecular weight is 666 g/mol. The van der Waals surface area contributed by atoms with Crippen LogP contribution in [0.15, 0.2) is 82.3 Å². The molecule has 0 spiro atoms. The molecule has 3 heterocycles. The molecule has 1 aromatic heterocycles. The predicted octanol–water partition coefficient (Wildman–Crippen LogP) is 7.06. The van der Waals surface area contributed by atoms with Crippen molar-refractivity contribution in [1.29, 1.82) is 0 Å². The zero-order valence-electron chi connectivity index (χ0n) is 23.8. The number of aryl methyl sites for hydroxylation is 1. The van der Waals surface area contributed by atoms with E-state index in [1.807, 2.05) is 58.5 Å². The van der Waals surface area contributed by atoms with E-state index in [1.54, 1.807) is 0 Å². The Morgan fingerprint density at radius 2 is 1.76 bits per heavy atom. The lowest BCUT2D eigenvalue weighted by Gasteiger charge is -2.42. The molecule has 2 fully saturated rings. The molecule has 6 nitrogen and oxygen atoms in total. The fourth-order valence-electron chi connectivity index (χ4n) is 6.23. The lowest BCUT2D eigenvalue weighted by atomic mass is 9.90. The Morgan fingerprint density at radius 3 is 2.45 bits per heavy atom. The first-order valence-electron chi connectivity index (χ1n) is 14.4. The normalized spacial score (nSPS) is 21.4. The minimum Gasteiger partial charge on any atom is -0.361 e. The van der Waals surface area contributed by atoms with Gasteiger partial charge in [0.1, 0.15) is 4.75 Å². The number of hydrogen-bond acceptors (Lipinski definition) is 4. The van der Waals surface area contributed by atoms with E-state index in [9.17, 15) is 9.59 Å². The van der Waals surface area contributed by atoms with Gasteiger partial charge in [-0.2, -0.15) is 0 Å². The van der Waals surface area contributed by atoms with Crippen molar-refractivity contribution in [2.75, 3.05) is 32.7 Å². The Balaban J connectivity index is 1.50. The maximum Gasteiger partial charge on any atom is 0.242 e. The van der Waals surface area contributed by atoms with Crippen molar-refractivity contribution >= 4 is 62.0 Å². The van der Waals surface area contributed by atoms with E-state index in [2.05, 4.69) is 63.9 Å². The van der Waals surface area contributed by atoms with E-state index < -0.39 is 10.8 Å². The van der Waals surface area contributed by atoms with Gasteiger partial charge in [0.2, 0.25) is 11.8 Å². The zero-order chi connectivity index (χ0) is 29.4. The van der Waals surface area contributed by atoms with E-state index in [1.165, 1.54) is 11.8 Å². The van der Waals surface area contributed by atoms with Gasteiger partial charge in [-0.1, -0.05) is 70.3 Å². The molecule has 2 atom stereocenters. The molecular weight excluding hydrogens is 632 g/mol. The molecule has 0 saturated carbocycles. The summed E-state index contributed by atoms with van der Waals surface area (Å²) in [7, 11) is 0. The highest BCUT2D eigenvalue weighted by atomic mass is 79.9. The second kappa shape index (κ2) is 12.1. The average Bonchev–Trinajstić information content (AvgIpc) is 3.52. The van der Waals surface area contributed by atoms with Crippen molar-refractivity contribution in [2.24, 2.45) is 0 Å². The van der Waals surface area contributed by atoms with Crippen LogP contribution < -0.4 is 0 Å². The van der Waals surface area contributed by atoms with Crippen molar-refractivity contribution in [2.45, 2.75) is 42.5 Å². The lowest BCUT2D eigenvalue weighted by Crippen LogP contribution is -2.56. The quantitative estimate of drug-likeness (QED) is 0.230. The molecule has 0 radical (unpaired) electrons. The largest absolute Gasteiger partial charge is 0.361 e. The molecule has 3 aromatic carbocycles. The number of halogens is 2. The van der Waals surface area contributed by atoms with Crippen LogP contribution in [-0.4, -0.2) is 69.0 Å². The van der Waals surface area contributed by atoms with Gasteiger partial charge in [0.05, 0.1) is 12.5 Å². The van der Waals surface area contributed by atoms with Gasteiger partial charge in [-0.05, 0) is 55.4 Å². The summed E-state index contributed by atoms with van der Waals surface area (Å²) >= 11 is 11.4. The van der Waals surface area contributed by atoms with E-state index in [0.29, 0.717) is 24.7 Å². The third-order valence-electron chi connectivity index (χ3n) is 8.51. The number of carbonyl (C=O) groups excluding carboxylic acids is 2. The molecule has 4 aromatic rings. The highest BCUT2D eigenvalue weighted by Crippen LogP contribution is 2.55. The second-order valence-corrected chi connectivity index (χ2v) is 13.9. The van der Waals surface area contributed by atoms with Gasteiger partial charge < -0.3 is 19.7 Å². The van der Waals surface area contributed by atoms with Crippen molar-refractivity contribution in [3.05, 3.63) is 99.1 Å². The van der Waals surface area contributed by atoms with Crippen LogP contribution in [0.1, 0.15) is 36.1 Å². The number of carbonyl (C=O) groups is 2. The maximum atomic E-state index is 14.9. The first-order valence-corrected chi connectivity index (χ1v) is 16.3. The highest BCUT2D eigenvalue weighted by molar-refractivity contribution is 9.10. The molecule has 0 aliphatic carbocycles. The third kappa shape index (κ3) is 5.62. The minimum atomic E-state index is -1.05. The summed E-state index contributed by atoms with van der Waals surface area (Å²) in [4.78, 5) is 39.8. The third-order valence-corrected chi connectivity index (χ3v) is 10.7. The van der Waals surface area contributed by atoms with E-state index in [0.717, 1.165) is 56.6 Å². The Labute approximate surface area is 264 Å². The van der Waals surface area contributed by atoms with Gasteiger partial charge in [0.25, 0.3) is 0 Å². The predicted molar refractivity (Wildman–Crippen MR) is 174 cm³/mol. The molecule has 1 N–H and O–H groups in total. The smallest absolute Gasteiger partial charge is 0.242 e. The maximum absolute atomic E-state index is 14.9. The molecule has 218 valence electrons. The van der Waals surface area contributed by atoms with E-state index in [4.69, 9.17) is 11.6 Å².